The van der Waals surface area contributed by atoms with Crippen LogP contribution in [0.25, 0.3) is 0 Å². The molecule has 0 radical (unpaired) electrons. The van der Waals surface area contributed by atoms with Crippen molar-refractivity contribution >= 4 is 5.78 Å². The van der Waals surface area contributed by atoms with Crippen molar-refractivity contribution in [3.8, 4) is 0 Å². The van der Waals surface area contributed by atoms with Crippen LogP contribution >= 0.6 is 0 Å². The van der Waals surface area contributed by atoms with Crippen LogP contribution in [0.15, 0.2) is 42.9 Å². The number of hydrogen-bond donors (Lipinski definition) is 0. The van der Waals surface area contributed by atoms with Gasteiger partial charge in [-0.15, -0.1) is 0 Å². The van der Waals surface area contributed by atoms with Crippen molar-refractivity contribution in [3.05, 3.63) is 59.7 Å². The van der Waals surface area contributed by atoms with E-state index < -0.39 is 0 Å². The van der Waals surface area contributed by atoms with E-state index in [1.54, 1.807) is 12.3 Å². The highest BCUT2D eigenvalue weighted by atomic mass is 16.1. The normalized spacial score (nSPS) is 10.1. The SMILES string of the molecule is Cc1ccccc1CC(=O)c1ccncn1. The molecule has 0 fully saturated rings. The van der Waals surface area contributed by atoms with Gasteiger partial charge >= 0.3 is 0 Å². The van der Waals surface area contributed by atoms with Crippen LogP contribution in [-0.4, -0.2) is 15.8 Å². The van der Waals surface area contributed by atoms with E-state index in [0.717, 1.165) is 11.1 Å². The first kappa shape index (κ1) is 10.5. The third kappa shape index (κ3) is 2.31. The van der Waals surface area contributed by atoms with Crippen LogP contribution in [0.1, 0.15) is 21.6 Å². The Morgan fingerprint density at radius 3 is 2.75 bits per heavy atom. The monoisotopic (exact) mass is 212 g/mol. The van der Waals surface area contributed by atoms with Gasteiger partial charge in [0.2, 0.25) is 0 Å². The zero-order chi connectivity index (χ0) is 11.4. The lowest BCUT2D eigenvalue weighted by atomic mass is 10.0. The Morgan fingerprint density at radius 2 is 2.06 bits per heavy atom. The Bertz CT molecular complexity index is 494. The number of aryl methyl sites for hydroxylation is 1. The maximum atomic E-state index is 11.9. The van der Waals surface area contributed by atoms with Crippen molar-refractivity contribution in [3.63, 3.8) is 0 Å². The van der Waals surface area contributed by atoms with Gasteiger partial charge in [-0.25, -0.2) is 9.97 Å². The number of aromatic nitrogens is 2. The van der Waals surface area contributed by atoms with Gasteiger partial charge < -0.3 is 0 Å². The highest BCUT2D eigenvalue weighted by Crippen LogP contribution is 2.10. The van der Waals surface area contributed by atoms with Crippen molar-refractivity contribution in [1.29, 1.82) is 0 Å². The van der Waals surface area contributed by atoms with Gasteiger partial charge in [0.25, 0.3) is 0 Å². The molecule has 0 aliphatic carbocycles. The largest absolute Gasteiger partial charge is 0.292 e. The van der Waals surface area contributed by atoms with Crippen LogP contribution in [0, 0.1) is 6.92 Å². The third-order valence-corrected chi connectivity index (χ3v) is 2.48. The van der Waals surface area contributed by atoms with Gasteiger partial charge in [-0.1, -0.05) is 24.3 Å². The van der Waals surface area contributed by atoms with Crippen molar-refractivity contribution in [1.82, 2.24) is 9.97 Å². The summed E-state index contributed by atoms with van der Waals surface area (Å²) in [7, 11) is 0. The van der Waals surface area contributed by atoms with Crippen molar-refractivity contribution < 1.29 is 4.79 Å². The molecule has 0 saturated heterocycles. The van der Waals surface area contributed by atoms with E-state index >= 15 is 0 Å². The van der Waals surface area contributed by atoms with Crippen LogP contribution in [-0.2, 0) is 6.42 Å². The fraction of sp³-hybridized carbons (Fsp3) is 0.154. The first-order chi connectivity index (χ1) is 7.77. The molecule has 80 valence electrons. The second kappa shape index (κ2) is 4.66. The fourth-order valence-electron chi connectivity index (χ4n) is 1.53. The quantitative estimate of drug-likeness (QED) is 0.732. The first-order valence-electron chi connectivity index (χ1n) is 5.11. The molecule has 0 amide bonds. The van der Waals surface area contributed by atoms with Gasteiger partial charge in [-0.3, -0.25) is 4.79 Å². The maximum absolute atomic E-state index is 11.9. The second-order valence-electron chi connectivity index (χ2n) is 3.62. The van der Waals surface area contributed by atoms with Gasteiger partial charge in [0.15, 0.2) is 5.78 Å². The maximum Gasteiger partial charge on any atom is 0.185 e. The molecular formula is C13H12N2O. The molecular weight excluding hydrogens is 200 g/mol. The summed E-state index contributed by atoms with van der Waals surface area (Å²) < 4.78 is 0. The first-order valence-corrected chi connectivity index (χ1v) is 5.11. The number of benzene rings is 1. The molecule has 0 saturated carbocycles. The Morgan fingerprint density at radius 1 is 1.25 bits per heavy atom. The van der Waals surface area contributed by atoms with Crippen LogP contribution in [0.4, 0.5) is 0 Å². The fourth-order valence-corrected chi connectivity index (χ4v) is 1.53. The zero-order valence-corrected chi connectivity index (χ0v) is 9.05. The van der Waals surface area contributed by atoms with E-state index in [1.165, 1.54) is 6.33 Å². The summed E-state index contributed by atoms with van der Waals surface area (Å²) in [4.78, 5) is 19.6. The van der Waals surface area contributed by atoms with Crippen LogP contribution < -0.4 is 0 Å². The minimum absolute atomic E-state index is 0.0247. The molecule has 0 aliphatic rings. The highest BCUT2D eigenvalue weighted by Gasteiger charge is 2.08. The predicted molar refractivity (Wildman–Crippen MR) is 61.2 cm³/mol. The molecule has 2 rings (SSSR count). The highest BCUT2D eigenvalue weighted by molar-refractivity contribution is 5.95. The molecule has 2 aromatic rings. The molecule has 0 aliphatic heterocycles. The summed E-state index contributed by atoms with van der Waals surface area (Å²) in [6.07, 6.45) is 3.37. The van der Waals surface area contributed by atoms with Crippen LogP contribution in [0.5, 0.6) is 0 Å². The zero-order valence-electron chi connectivity index (χ0n) is 9.05. The Kier molecular flexibility index (Phi) is 3.05. The Labute approximate surface area is 94.2 Å². The smallest absolute Gasteiger partial charge is 0.185 e. The van der Waals surface area contributed by atoms with Crippen LogP contribution in [0.3, 0.4) is 0 Å². The molecule has 16 heavy (non-hydrogen) atoms. The lowest BCUT2D eigenvalue weighted by Crippen LogP contribution is -2.06. The molecule has 0 atom stereocenters. The lowest BCUT2D eigenvalue weighted by Gasteiger charge is -2.03. The molecule has 3 nitrogen and oxygen atoms in total. The number of carbonyl (C=O) groups is 1. The second-order valence-corrected chi connectivity index (χ2v) is 3.62. The minimum Gasteiger partial charge on any atom is -0.292 e. The van der Waals surface area contributed by atoms with Gasteiger partial charge in [0.1, 0.15) is 12.0 Å². The number of rotatable bonds is 3. The van der Waals surface area contributed by atoms with Gasteiger partial charge in [-0.05, 0) is 24.1 Å². The van der Waals surface area contributed by atoms with E-state index in [-0.39, 0.29) is 5.78 Å². The molecule has 1 aromatic heterocycles. The summed E-state index contributed by atoms with van der Waals surface area (Å²) in [6, 6.07) is 9.52. The number of hydrogen-bond acceptors (Lipinski definition) is 3. The molecule has 1 heterocycles. The van der Waals surface area contributed by atoms with E-state index in [4.69, 9.17) is 0 Å². The average molecular weight is 212 g/mol. The van der Waals surface area contributed by atoms with E-state index in [2.05, 4.69) is 9.97 Å². The Balaban J connectivity index is 2.18. The molecule has 0 unspecified atom stereocenters. The summed E-state index contributed by atoms with van der Waals surface area (Å²) in [5.74, 6) is 0.0247. The number of ketones is 1. The van der Waals surface area contributed by atoms with E-state index in [9.17, 15) is 4.79 Å². The van der Waals surface area contributed by atoms with Gasteiger partial charge in [0.05, 0.1) is 0 Å². The van der Waals surface area contributed by atoms with Crippen molar-refractivity contribution in [2.75, 3.05) is 0 Å². The number of carbonyl (C=O) groups excluding carboxylic acids is 1. The molecule has 0 N–H and O–H groups in total. The van der Waals surface area contributed by atoms with Crippen LogP contribution in [0.2, 0.25) is 0 Å². The predicted octanol–water partition coefficient (Wildman–Crippen LogP) is 2.21. The molecule has 1 aromatic carbocycles. The summed E-state index contributed by atoms with van der Waals surface area (Å²) >= 11 is 0. The summed E-state index contributed by atoms with van der Waals surface area (Å²) in [6.45, 7) is 2.00. The number of Topliss-reactive ketones (excluding diaryl/α,β-unsaturated/α-hetero) is 1. The Hall–Kier alpha value is -2.03. The molecule has 0 bridgehead atoms. The van der Waals surface area contributed by atoms with E-state index in [0.29, 0.717) is 12.1 Å². The number of nitrogens with zero attached hydrogens (tertiary/aromatic N) is 2. The van der Waals surface area contributed by atoms with Crippen molar-refractivity contribution in [2.24, 2.45) is 0 Å². The van der Waals surface area contributed by atoms with Gasteiger partial charge in [-0.2, -0.15) is 0 Å². The summed E-state index contributed by atoms with van der Waals surface area (Å²) in [5.41, 5.74) is 2.65. The molecule has 0 spiro atoms. The topological polar surface area (TPSA) is 42.9 Å². The average Bonchev–Trinajstić information content (AvgIpc) is 2.33. The minimum atomic E-state index is 0.0247. The van der Waals surface area contributed by atoms with E-state index in [1.807, 2.05) is 31.2 Å². The van der Waals surface area contributed by atoms with Crippen molar-refractivity contribution in [2.45, 2.75) is 13.3 Å². The molecule has 3 heteroatoms. The third-order valence-electron chi connectivity index (χ3n) is 2.48. The lowest BCUT2D eigenvalue weighted by molar-refractivity contribution is 0.0988. The van der Waals surface area contributed by atoms with Gasteiger partial charge in [0, 0.05) is 12.6 Å². The standard InChI is InChI=1S/C13H12N2O/c1-10-4-2-3-5-11(10)8-13(16)12-6-7-14-9-15-12/h2-7,9H,8H2,1H3. The summed E-state index contributed by atoms with van der Waals surface area (Å²) in [5, 5.41) is 0.